The molecule has 31 heavy (non-hydrogen) atoms. The fourth-order valence-electron chi connectivity index (χ4n) is 4.29. The van der Waals surface area contributed by atoms with Crippen LogP contribution in [-0.2, 0) is 14.4 Å². The summed E-state index contributed by atoms with van der Waals surface area (Å²) in [5.74, 6) is 1.73. The highest BCUT2D eigenvalue weighted by Crippen LogP contribution is 2.41. The third-order valence-electron chi connectivity index (χ3n) is 6.80. The van der Waals surface area contributed by atoms with Gasteiger partial charge in [-0.15, -0.1) is 0 Å². The molecule has 1 saturated carbocycles. The lowest BCUT2D eigenvalue weighted by Gasteiger charge is -2.31. The quantitative estimate of drug-likeness (QED) is 0.462. The summed E-state index contributed by atoms with van der Waals surface area (Å²) in [6.07, 6.45) is 2.82. The average molecular weight is 432 g/mol. The molecule has 172 valence electrons. The van der Waals surface area contributed by atoms with Crippen LogP contribution in [0, 0.1) is 5.41 Å². The van der Waals surface area contributed by atoms with Gasteiger partial charge in [0.25, 0.3) is 0 Å². The van der Waals surface area contributed by atoms with Crippen molar-refractivity contribution in [1.82, 2.24) is 4.90 Å². The Hall–Kier alpha value is -2.21. The highest BCUT2D eigenvalue weighted by molar-refractivity contribution is 6.13. The zero-order chi connectivity index (χ0) is 23.2. The van der Waals surface area contributed by atoms with Gasteiger partial charge in [0.2, 0.25) is 0 Å². The van der Waals surface area contributed by atoms with E-state index < -0.39 is 5.41 Å². The molecular weight excluding hydrogens is 394 g/mol. The number of methoxy groups -OCH3 is 2. The van der Waals surface area contributed by atoms with E-state index in [1.165, 1.54) is 0 Å². The fourth-order valence-corrected chi connectivity index (χ4v) is 4.29. The molecule has 0 N–H and O–H groups in total. The van der Waals surface area contributed by atoms with E-state index in [0.717, 1.165) is 17.1 Å². The third kappa shape index (κ3) is 6.16. The van der Waals surface area contributed by atoms with Crippen molar-refractivity contribution in [2.45, 2.75) is 70.8 Å². The van der Waals surface area contributed by atoms with Crippen molar-refractivity contribution < 1.29 is 23.9 Å². The first-order valence-electron chi connectivity index (χ1n) is 11.1. The van der Waals surface area contributed by atoms with Crippen LogP contribution in [0.25, 0.3) is 0 Å². The van der Waals surface area contributed by atoms with E-state index in [1.54, 1.807) is 14.2 Å². The second-order valence-electron chi connectivity index (χ2n) is 9.07. The molecule has 0 radical (unpaired) electrons. The maximum atomic E-state index is 12.7. The van der Waals surface area contributed by atoms with Gasteiger partial charge in [0.1, 0.15) is 28.8 Å². The fraction of sp³-hybridized carbons (Fsp3) is 0.640. The minimum Gasteiger partial charge on any atom is -0.497 e. The van der Waals surface area contributed by atoms with Gasteiger partial charge in [-0.3, -0.25) is 14.4 Å². The molecule has 2 rings (SSSR count). The summed E-state index contributed by atoms with van der Waals surface area (Å²) in [6, 6.07) is 5.85. The van der Waals surface area contributed by atoms with Crippen LogP contribution < -0.4 is 9.47 Å². The number of ketones is 3. The van der Waals surface area contributed by atoms with Gasteiger partial charge in [-0.25, -0.2) is 0 Å². The van der Waals surface area contributed by atoms with E-state index >= 15 is 0 Å². The van der Waals surface area contributed by atoms with Crippen LogP contribution in [0.4, 0.5) is 0 Å². The normalized spacial score (nSPS) is 17.6. The number of Topliss-reactive ketones (excluding diaryl/α,β-unsaturated/α-hetero) is 3. The van der Waals surface area contributed by atoms with Gasteiger partial charge in [0.15, 0.2) is 0 Å². The molecule has 0 aliphatic heterocycles. The highest BCUT2D eigenvalue weighted by atomic mass is 16.5. The number of hydrogen-bond acceptors (Lipinski definition) is 6. The van der Waals surface area contributed by atoms with E-state index in [1.807, 2.05) is 44.1 Å². The second kappa shape index (κ2) is 10.9. The molecule has 1 aromatic carbocycles. The monoisotopic (exact) mass is 431 g/mol. The molecule has 0 spiro atoms. The van der Waals surface area contributed by atoms with Gasteiger partial charge < -0.3 is 14.4 Å². The van der Waals surface area contributed by atoms with E-state index in [9.17, 15) is 14.4 Å². The predicted octanol–water partition coefficient (Wildman–Crippen LogP) is 4.20. The zero-order valence-corrected chi connectivity index (χ0v) is 19.8. The molecular formula is C25H37NO5. The SMILES string of the molecule is COc1cc(OC)cc(C(C)CCC(=O)CCC2(CC(C)N(C)C)C(=O)CCC2=O)c1. The molecule has 1 fully saturated rings. The smallest absolute Gasteiger partial charge is 0.146 e. The minimum absolute atomic E-state index is 0.0100. The van der Waals surface area contributed by atoms with Crippen LogP contribution >= 0.6 is 0 Å². The van der Waals surface area contributed by atoms with Gasteiger partial charge in [0, 0.05) is 37.8 Å². The molecule has 2 atom stereocenters. The van der Waals surface area contributed by atoms with Crippen molar-refractivity contribution in [2.24, 2.45) is 5.41 Å². The first kappa shape index (κ1) is 25.1. The Kier molecular flexibility index (Phi) is 8.80. The molecule has 1 aliphatic rings. The summed E-state index contributed by atoms with van der Waals surface area (Å²) >= 11 is 0. The molecule has 1 aliphatic carbocycles. The summed E-state index contributed by atoms with van der Waals surface area (Å²) in [5, 5.41) is 0. The average Bonchev–Trinajstić information content (AvgIpc) is 3.03. The molecule has 0 saturated heterocycles. The number of carbonyl (C=O) groups excluding carboxylic acids is 3. The molecule has 6 heteroatoms. The molecule has 0 bridgehead atoms. The number of rotatable bonds is 12. The van der Waals surface area contributed by atoms with Gasteiger partial charge >= 0.3 is 0 Å². The Morgan fingerprint density at radius 1 is 1.00 bits per heavy atom. The van der Waals surface area contributed by atoms with Crippen LogP contribution in [0.2, 0.25) is 0 Å². The van der Waals surface area contributed by atoms with Gasteiger partial charge in [-0.2, -0.15) is 0 Å². The van der Waals surface area contributed by atoms with Gasteiger partial charge in [0.05, 0.1) is 19.6 Å². The van der Waals surface area contributed by atoms with Crippen molar-refractivity contribution >= 4 is 17.3 Å². The molecule has 6 nitrogen and oxygen atoms in total. The maximum Gasteiger partial charge on any atom is 0.146 e. The molecule has 0 amide bonds. The largest absolute Gasteiger partial charge is 0.497 e. The Bertz CT molecular complexity index is 763. The predicted molar refractivity (Wildman–Crippen MR) is 121 cm³/mol. The lowest BCUT2D eigenvalue weighted by molar-refractivity contribution is -0.137. The van der Waals surface area contributed by atoms with Crippen molar-refractivity contribution in [2.75, 3.05) is 28.3 Å². The number of carbonyl (C=O) groups is 3. The third-order valence-corrected chi connectivity index (χ3v) is 6.80. The van der Waals surface area contributed by atoms with Crippen LogP contribution in [0.1, 0.15) is 70.3 Å². The van der Waals surface area contributed by atoms with Gasteiger partial charge in [-0.1, -0.05) is 6.92 Å². The summed E-state index contributed by atoms with van der Waals surface area (Å²) < 4.78 is 10.7. The maximum absolute atomic E-state index is 12.7. The molecule has 2 unspecified atom stereocenters. The number of nitrogens with zero attached hydrogens (tertiary/aromatic N) is 1. The number of hydrogen-bond donors (Lipinski definition) is 0. The van der Waals surface area contributed by atoms with Crippen LogP contribution in [0.5, 0.6) is 11.5 Å². The topological polar surface area (TPSA) is 72.9 Å². The summed E-state index contributed by atoms with van der Waals surface area (Å²) in [5.41, 5.74) is 0.0758. The molecule has 0 heterocycles. The number of ether oxygens (including phenoxy) is 2. The van der Waals surface area contributed by atoms with E-state index in [2.05, 4.69) is 6.92 Å². The van der Waals surface area contributed by atoms with E-state index in [0.29, 0.717) is 38.5 Å². The summed E-state index contributed by atoms with van der Waals surface area (Å²) in [4.78, 5) is 40.0. The second-order valence-corrected chi connectivity index (χ2v) is 9.07. The minimum atomic E-state index is -0.981. The Balaban J connectivity index is 1.98. The first-order valence-corrected chi connectivity index (χ1v) is 11.1. The Morgan fingerprint density at radius 2 is 1.55 bits per heavy atom. The summed E-state index contributed by atoms with van der Waals surface area (Å²) in [6.45, 7) is 4.10. The summed E-state index contributed by atoms with van der Waals surface area (Å²) in [7, 11) is 7.13. The molecule has 1 aromatic rings. The van der Waals surface area contributed by atoms with Crippen molar-refractivity contribution in [3.05, 3.63) is 23.8 Å². The molecule has 0 aromatic heterocycles. The number of benzene rings is 1. The standard InChI is InChI=1S/C25H37NO5/c1-17(19-13-21(30-5)15-22(14-19)31-6)7-8-20(27)11-12-25(16-18(2)26(3)4)23(28)9-10-24(25)29/h13-15,17-18H,7-12,16H2,1-6H3. The Morgan fingerprint density at radius 3 is 2.03 bits per heavy atom. The van der Waals surface area contributed by atoms with Crippen LogP contribution in [0.15, 0.2) is 18.2 Å². The van der Waals surface area contributed by atoms with Crippen LogP contribution in [-0.4, -0.2) is 56.6 Å². The first-order chi connectivity index (χ1) is 14.6. The van der Waals surface area contributed by atoms with E-state index in [4.69, 9.17) is 9.47 Å². The van der Waals surface area contributed by atoms with Crippen molar-refractivity contribution in [3.63, 3.8) is 0 Å². The van der Waals surface area contributed by atoms with Gasteiger partial charge in [-0.05, 0) is 63.9 Å². The van der Waals surface area contributed by atoms with Crippen molar-refractivity contribution in [1.29, 1.82) is 0 Å². The van der Waals surface area contributed by atoms with Crippen LogP contribution in [0.3, 0.4) is 0 Å². The zero-order valence-electron chi connectivity index (χ0n) is 19.8. The Labute approximate surface area is 186 Å². The lowest BCUT2D eigenvalue weighted by Crippen LogP contribution is -2.40. The highest BCUT2D eigenvalue weighted by Gasteiger charge is 2.49. The lowest BCUT2D eigenvalue weighted by atomic mass is 9.74. The van der Waals surface area contributed by atoms with E-state index in [-0.39, 0.29) is 35.7 Å². The van der Waals surface area contributed by atoms with Crippen molar-refractivity contribution in [3.8, 4) is 11.5 Å².